The molecular weight excluding hydrogens is 341 g/mol. The third kappa shape index (κ3) is 6.01. The number of rotatable bonds is 9. The van der Waals surface area contributed by atoms with Gasteiger partial charge in [0, 0.05) is 17.2 Å². The van der Waals surface area contributed by atoms with Crippen molar-refractivity contribution in [3.63, 3.8) is 0 Å². The molecule has 0 radical (unpaired) electrons. The van der Waals surface area contributed by atoms with Gasteiger partial charge in [-0.3, -0.25) is 0 Å². The summed E-state index contributed by atoms with van der Waals surface area (Å²) in [5.41, 5.74) is 0. The second kappa shape index (κ2) is 10.4. The van der Waals surface area contributed by atoms with E-state index in [0.717, 1.165) is 18.8 Å². The molecule has 0 unspecified atom stereocenters. The maximum absolute atomic E-state index is 3.62. The van der Waals surface area contributed by atoms with Crippen molar-refractivity contribution < 1.29 is 0 Å². The monoisotopic (exact) mass is 365 g/mol. The fraction of sp³-hybridized carbons (Fsp3) is 0.182. The topological polar surface area (TPSA) is 12.0 Å². The Hall–Kier alpha value is -1.60. The van der Waals surface area contributed by atoms with Crippen LogP contribution in [0.15, 0.2) is 95.9 Å². The minimum Gasteiger partial charge on any atom is -0.316 e. The molecule has 3 aromatic rings. The summed E-state index contributed by atoms with van der Waals surface area (Å²) >= 11 is 1.91. The first-order chi connectivity index (χ1) is 12.4. The van der Waals surface area contributed by atoms with Crippen molar-refractivity contribution in [2.45, 2.75) is 4.90 Å². The molecule has 0 atom stereocenters. The van der Waals surface area contributed by atoms with E-state index in [1.54, 1.807) is 0 Å². The van der Waals surface area contributed by atoms with Crippen molar-refractivity contribution in [3.05, 3.63) is 91.0 Å². The van der Waals surface area contributed by atoms with Crippen LogP contribution in [0.1, 0.15) is 0 Å². The maximum Gasteiger partial charge on any atom is 0.0106 e. The number of hydrogen-bond donors (Lipinski definition) is 1. The molecular formula is C22H24NPS. The maximum atomic E-state index is 3.62. The summed E-state index contributed by atoms with van der Waals surface area (Å²) in [5.74, 6) is 1.11. The van der Waals surface area contributed by atoms with Crippen molar-refractivity contribution in [1.82, 2.24) is 5.32 Å². The Bertz CT molecular complexity index is 679. The lowest BCUT2D eigenvalue weighted by molar-refractivity contribution is 0.773. The van der Waals surface area contributed by atoms with E-state index < -0.39 is 0 Å². The molecule has 128 valence electrons. The van der Waals surface area contributed by atoms with Gasteiger partial charge in [-0.1, -0.05) is 78.9 Å². The van der Waals surface area contributed by atoms with Crippen LogP contribution in [0.3, 0.4) is 0 Å². The predicted octanol–water partition coefficient (Wildman–Crippen LogP) is 4.50. The second-order valence-corrected chi connectivity index (χ2v) is 9.24. The van der Waals surface area contributed by atoms with Crippen LogP contribution in [0.5, 0.6) is 0 Å². The molecule has 0 saturated heterocycles. The second-order valence-electron chi connectivity index (χ2n) is 5.73. The van der Waals surface area contributed by atoms with Crippen LogP contribution in [-0.4, -0.2) is 25.0 Å². The largest absolute Gasteiger partial charge is 0.316 e. The third-order valence-corrected chi connectivity index (χ3v) is 7.47. The highest BCUT2D eigenvalue weighted by molar-refractivity contribution is 7.99. The van der Waals surface area contributed by atoms with Gasteiger partial charge in [-0.05, 0) is 43.4 Å². The minimum absolute atomic E-state index is 0.285. The van der Waals surface area contributed by atoms with E-state index in [1.165, 1.54) is 21.7 Å². The Kier molecular flexibility index (Phi) is 7.57. The molecule has 0 bridgehead atoms. The van der Waals surface area contributed by atoms with Gasteiger partial charge < -0.3 is 5.32 Å². The van der Waals surface area contributed by atoms with Gasteiger partial charge in [-0.15, -0.1) is 11.8 Å². The van der Waals surface area contributed by atoms with Gasteiger partial charge in [0.25, 0.3) is 0 Å². The van der Waals surface area contributed by atoms with Crippen LogP contribution in [0.25, 0.3) is 0 Å². The first kappa shape index (κ1) is 18.2. The van der Waals surface area contributed by atoms with Crippen LogP contribution < -0.4 is 15.9 Å². The van der Waals surface area contributed by atoms with Gasteiger partial charge in [-0.2, -0.15) is 0 Å². The molecule has 3 rings (SSSR count). The van der Waals surface area contributed by atoms with Crippen molar-refractivity contribution in [2.75, 3.05) is 25.0 Å². The Morgan fingerprint density at radius 2 is 1.16 bits per heavy atom. The zero-order chi connectivity index (χ0) is 17.2. The van der Waals surface area contributed by atoms with Crippen LogP contribution in [0.4, 0.5) is 0 Å². The Balaban J connectivity index is 1.48. The van der Waals surface area contributed by atoms with Gasteiger partial charge in [-0.25, -0.2) is 0 Å². The molecule has 1 N–H and O–H groups in total. The van der Waals surface area contributed by atoms with Gasteiger partial charge in [0.2, 0.25) is 0 Å². The van der Waals surface area contributed by atoms with Crippen LogP contribution in [0.2, 0.25) is 0 Å². The minimum atomic E-state index is -0.285. The molecule has 0 aliphatic carbocycles. The van der Waals surface area contributed by atoms with Gasteiger partial charge in [0.15, 0.2) is 0 Å². The zero-order valence-corrected chi connectivity index (χ0v) is 16.1. The average Bonchev–Trinajstić information content (AvgIpc) is 2.69. The summed E-state index contributed by atoms with van der Waals surface area (Å²) in [6, 6.07) is 32.5. The highest BCUT2D eigenvalue weighted by atomic mass is 32.2. The highest BCUT2D eigenvalue weighted by Gasteiger charge is 2.12. The van der Waals surface area contributed by atoms with E-state index in [2.05, 4.69) is 96.3 Å². The predicted molar refractivity (Wildman–Crippen MR) is 114 cm³/mol. The average molecular weight is 365 g/mol. The fourth-order valence-electron chi connectivity index (χ4n) is 2.70. The SMILES string of the molecule is c1ccc(SCCNCCP(c2ccccc2)c2ccccc2)cc1. The molecule has 0 fully saturated rings. The summed E-state index contributed by atoms with van der Waals surface area (Å²) in [5, 5.41) is 6.55. The molecule has 0 heterocycles. The van der Waals surface area contributed by atoms with E-state index in [0.29, 0.717) is 0 Å². The van der Waals surface area contributed by atoms with Crippen molar-refractivity contribution in [1.29, 1.82) is 0 Å². The molecule has 25 heavy (non-hydrogen) atoms. The normalized spacial score (nSPS) is 10.9. The van der Waals surface area contributed by atoms with E-state index in [1.807, 2.05) is 11.8 Å². The van der Waals surface area contributed by atoms with E-state index >= 15 is 0 Å². The Labute approximate surface area is 156 Å². The van der Waals surface area contributed by atoms with E-state index in [4.69, 9.17) is 0 Å². The zero-order valence-electron chi connectivity index (χ0n) is 14.3. The summed E-state index contributed by atoms with van der Waals surface area (Å²) in [6.07, 6.45) is 1.18. The highest BCUT2D eigenvalue weighted by Crippen LogP contribution is 2.32. The molecule has 0 aromatic heterocycles. The smallest absolute Gasteiger partial charge is 0.0106 e. The van der Waals surface area contributed by atoms with Crippen LogP contribution >= 0.6 is 19.7 Å². The lowest BCUT2D eigenvalue weighted by Gasteiger charge is -2.19. The van der Waals surface area contributed by atoms with Gasteiger partial charge in [0.1, 0.15) is 0 Å². The standard InChI is InChI=1S/C22H24NPS/c1-4-10-20(11-5-1)24(21-12-6-2-7-13-21)18-16-23-17-19-25-22-14-8-3-9-15-22/h1-15,23H,16-19H2. The molecule has 1 nitrogen and oxygen atoms in total. The van der Waals surface area contributed by atoms with Crippen molar-refractivity contribution in [2.24, 2.45) is 0 Å². The lowest BCUT2D eigenvalue weighted by atomic mass is 10.4. The number of benzene rings is 3. The third-order valence-electron chi connectivity index (χ3n) is 3.94. The summed E-state index contributed by atoms with van der Waals surface area (Å²) in [7, 11) is -0.285. The quantitative estimate of drug-likeness (QED) is 0.340. The first-order valence-corrected chi connectivity index (χ1v) is 11.2. The fourth-order valence-corrected chi connectivity index (χ4v) is 5.79. The van der Waals surface area contributed by atoms with E-state index in [9.17, 15) is 0 Å². The Morgan fingerprint density at radius 1 is 0.640 bits per heavy atom. The molecule has 0 spiro atoms. The number of thioether (sulfide) groups is 1. The van der Waals surface area contributed by atoms with Crippen LogP contribution in [0, 0.1) is 0 Å². The van der Waals surface area contributed by atoms with Gasteiger partial charge in [0.05, 0.1) is 0 Å². The lowest BCUT2D eigenvalue weighted by Crippen LogP contribution is -2.24. The molecule has 0 aliphatic rings. The number of nitrogens with one attached hydrogen (secondary N) is 1. The summed E-state index contributed by atoms with van der Waals surface area (Å²) in [6.45, 7) is 2.11. The Morgan fingerprint density at radius 3 is 1.72 bits per heavy atom. The molecule has 3 aromatic carbocycles. The summed E-state index contributed by atoms with van der Waals surface area (Å²) in [4.78, 5) is 1.35. The van der Waals surface area contributed by atoms with Gasteiger partial charge >= 0.3 is 0 Å². The molecule has 0 saturated carbocycles. The molecule has 3 heteroatoms. The van der Waals surface area contributed by atoms with Crippen molar-refractivity contribution >= 4 is 30.3 Å². The molecule has 0 amide bonds. The first-order valence-electron chi connectivity index (χ1n) is 8.70. The summed E-state index contributed by atoms with van der Waals surface area (Å²) < 4.78 is 0. The van der Waals surface area contributed by atoms with E-state index in [-0.39, 0.29) is 7.92 Å². The van der Waals surface area contributed by atoms with Crippen molar-refractivity contribution in [3.8, 4) is 0 Å². The molecule has 0 aliphatic heterocycles. The number of hydrogen-bond acceptors (Lipinski definition) is 2. The van der Waals surface area contributed by atoms with Crippen LogP contribution in [-0.2, 0) is 0 Å².